The van der Waals surface area contributed by atoms with Crippen molar-refractivity contribution in [2.75, 3.05) is 6.61 Å². The van der Waals surface area contributed by atoms with E-state index in [-0.39, 0.29) is 35.0 Å². The summed E-state index contributed by atoms with van der Waals surface area (Å²) in [5.41, 5.74) is 0.756. The van der Waals surface area contributed by atoms with Crippen LogP contribution in [-0.4, -0.2) is 40.8 Å². The number of carbonyl (C=O) groups is 2. The van der Waals surface area contributed by atoms with E-state index in [1.54, 1.807) is 0 Å². The summed E-state index contributed by atoms with van der Waals surface area (Å²) in [4.78, 5) is 24.9. The van der Waals surface area contributed by atoms with E-state index < -0.39 is 24.7 Å². The van der Waals surface area contributed by atoms with Gasteiger partial charge in [-0.05, 0) is 41.1 Å². The third-order valence-corrected chi connectivity index (χ3v) is 7.51. The molecule has 1 aromatic carbocycles. The molecule has 2 aliphatic rings. The molecule has 2 fully saturated rings. The molecule has 6 heteroatoms. The summed E-state index contributed by atoms with van der Waals surface area (Å²) in [5.74, 6) is -0.538. The van der Waals surface area contributed by atoms with Crippen molar-refractivity contribution in [2.45, 2.75) is 58.7 Å². The van der Waals surface area contributed by atoms with E-state index in [4.69, 9.17) is 0 Å². The molecule has 0 aliphatic heterocycles. The van der Waals surface area contributed by atoms with E-state index in [0.29, 0.717) is 6.54 Å². The third kappa shape index (κ3) is 3.55. The van der Waals surface area contributed by atoms with E-state index in [0.717, 1.165) is 18.4 Å². The zero-order valence-electron chi connectivity index (χ0n) is 16.9. The normalized spacial score (nSPS) is 31.4. The minimum absolute atomic E-state index is 0.0131. The molecule has 154 valence electrons. The van der Waals surface area contributed by atoms with Crippen LogP contribution in [0.4, 0.5) is 0 Å². The molecular formula is C22H32N2O4. The number of aliphatic hydroxyl groups is 2. The van der Waals surface area contributed by atoms with Gasteiger partial charge in [0.2, 0.25) is 11.8 Å². The van der Waals surface area contributed by atoms with Crippen LogP contribution in [0.1, 0.15) is 45.6 Å². The lowest BCUT2D eigenvalue weighted by Gasteiger charge is -2.37. The first kappa shape index (κ1) is 20.8. The molecule has 6 nitrogen and oxygen atoms in total. The molecule has 0 radical (unpaired) electrons. The largest absolute Gasteiger partial charge is 0.394 e. The average Bonchev–Trinajstić information content (AvgIpc) is 2.98. The molecule has 0 heterocycles. The molecule has 0 spiro atoms. The standard InChI is InChI=1S/C22H32N2O4/c1-21(2)16-9-10-22(21,3)19(27)15(16)11-18(26)24-17(13-25)20(28)23-12-14-7-5-4-6-8-14/h4-8,15-17,19,25,27H,9-13H2,1-3H3,(H,23,28)(H,24,26). The molecule has 1 aromatic rings. The number of benzene rings is 1. The van der Waals surface area contributed by atoms with Crippen LogP contribution < -0.4 is 10.6 Å². The Labute approximate surface area is 166 Å². The number of hydrogen-bond acceptors (Lipinski definition) is 4. The van der Waals surface area contributed by atoms with Gasteiger partial charge in [0.25, 0.3) is 0 Å². The summed E-state index contributed by atoms with van der Waals surface area (Å²) in [5, 5.41) is 25.8. The van der Waals surface area contributed by atoms with Crippen molar-refractivity contribution in [3.8, 4) is 0 Å². The predicted octanol–water partition coefficient (Wildman–Crippen LogP) is 1.60. The Morgan fingerprint density at radius 1 is 1.21 bits per heavy atom. The van der Waals surface area contributed by atoms with Gasteiger partial charge in [-0.1, -0.05) is 51.1 Å². The van der Waals surface area contributed by atoms with E-state index in [9.17, 15) is 19.8 Å². The van der Waals surface area contributed by atoms with Crippen molar-refractivity contribution in [1.29, 1.82) is 0 Å². The Hall–Kier alpha value is -1.92. The molecule has 0 saturated heterocycles. The van der Waals surface area contributed by atoms with Crippen LogP contribution in [0.5, 0.6) is 0 Å². The summed E-state index contributed by atoms with van der Waals surface area (Å²) >= 11 is 0. The molecule has 0 aromatic heterocycles. The molecular weight excluding hydrogens is 356 g/mol. The van der Waals surface area contributed by atoms with Crippen LogP contribution >= 0.6 is 0 Å². The number of hydrogen-bond donors (Lipinski definition) is 4. The molecule has 2 bridgehead atoms. The van der Waals surface area contributed by atoms with Crippen molar-refractivity contribution in [2.24, 2.45) is 22.7 Å². The van der Waals surface area contributed by atoms with Gasteiger partial charge in [-0.25, -0.2) is 0 Å². The van der Waals surface area contributed by atoms with Gasteiger partial charge in [-0.15, -0.1) is 0 Å². The van der Waals surface area contributed by atoms with E-state index in [1.165, 1.54) is 0 Å². The SMILES string of the molecule is CC1(C)C2CCC1(C)C(O)C2CC(=O)NC(CO)C(=O)NCc1ccccc1. The van der Waals surface area contributed by atoms with Gasteiger partial charge in [-0.2, -0.15) is 0 Å². The second-order valence-electron chi connectivity index (χ2n) is 9.10. The quantitative estimate of drug-likeness (QED) is 0.570. The van der Waals surface area contributed by atoms with Gasteiger partial charge in [-0.3, -0.25) is 9.59 Å². The second-order valence-corrected chi connectivity index (χ2v) is 9.10. The number of nitrogens with one attached hydrogen (secondary N) is 2. The maximum atomic E-state index is 12.6. The second kappa shape index (κ2) is 7.84. The maximum Gasteiger partial charge on any atom is 0.245 e. The zero-order chi connectivity index (χ0) is 20.5. The van der Waals surface area contributed by atoms with Crippen LogP contribution in [0.15, 0.2) is 30.3 Å². The number of aliphatic hydroxyl groups excluding tert-OH is 2. The lowest BCUT2D eigenvalue weighted by atomic mass is 9.70. The first-order valence-electron chi connectivity index (χ1n) is 10.1. The summed E-state index contributed by atoms with van der Waals surface area (Å²) in [6.45, 7) is 6.34. The summed E-state index contributed by atoms with van der Waals surface area (Å²) < 4.78 is 0. The van der Waals surface area contributed by atoms with Crippen molar-refractivity contribution in [1.82, 2.24) is 10.6 Å². The molecule has 2 amide bonds. The fourth-order valence-electron chi connectivity index (χ4n) is 5.36. The highest BCUT2D eigenvalue weighted by Crippen LogP contribution is 2.68. The Balaban J connectivity index is 1.55. The van der Waals surface area contributed by atoms with Gasteiger partial charge >= 0.3 is 0 Å². The molecule has 28 heavy (non-hydrogen) atoms. The highest BCUT2D eigenvalue weighted by Gasteiger charge is 2.65. The Bertz CT molecular complexity index is 721. The number of carbonyl (C=O) groups excluding carboxylic acids is 2. The average molecular weight is 389 g/mol. The predicted molar refractivity (Wildman–Crippen MR) is 106 cm³/mol. The Kier molecular flexibility index (Phi) is 5.82. The molecule has 2 saturated carbocycles. The van der Waals surface area contributed by atoms with E-state index in [2.05, 4.69) is 31.4 Å². The van der Waals surface area contributed by atoms with Gasteiger partial charge in [0.1, 0.15) is 6.04 Å². The summed E-state index contributed by atoms with van der Waals surface area (Å²) in [6, 6.07) is 8.46. The van der Waals surface area contributed by atoms with Crippen LogP contribution in [-0.2, 0) is 16.1 Å². The Morgan fingerprint density at radius 3 is 2.46 bits per heavy atom. The maximum absolute atomic E-state index is 12.6. The van der Waals surface area contributed by atoms with Gasteiger partial charge in [0.05, 0.1) is 12.7 Å². The molecule has 5 unspecified atom stereocenters. The minimum atomic E-state index is -0.990. The first-order valence-corrected chi connectivity index (χ1v) is 10.1. The number of fused-ring (bicyclic) bond motifs is 2. The van der Waals surface area contributed by atoms with Crippen LogP contribution in [0.2, 0.25) is 0 Å². The summed E-state index contributed by atoms with van der Waals surface area (Å²) in [6.07, 6.45) is 1.64. The van der Waals surface area contributed by atoms with Crippen molar-refractivity contribution in [3.63, 3.8) is 0 Å². The molecule has 4 N–H and O–H groups in total. The van der Waals surface area contributed by atoms with Crippen molar-refractivity contribution >= 4 is 11.8 Å². The monoisotopic (exact) mass is 388 g/mol. The molecule has 3 rings (SSSR count). The lowest BCUT2D eigenvalue weighted by molar-refractivity contribution is -0.131. The van der Waals surface area contributed by atoms with Crippen LogP contribution in [0.3, 0.4) is 0 Å². The number of rotatable bonds is 7. The first-order chi connectivity index (χ1) is 13.2. The minimum Gasteiger partial charge on any atom is -0.394 e. The topological polar surface area (TPSA) is 98.7 Å². The number of amides is 2. The molecule has 5 atom stereocenters. The van der Waals surface area contributed by atoms with Crippen molar-refractivity contribution < 1.29 is 19.8 Å². The highest BCUT2D eigenvalue weighted by molar-refractivity contribution is 5.87. The smallest absolute Gasteiger partial charge is 0.245 e. The zero-order valence-corrected chi connectivity index (χ0v) is 16.9. The fraction of sp³-hybridized carbons (Fsp3) is 0.636. The Morgan fingerprint density at radius 2 is 1.89 bits per heavy atom. The highest BCUT2D eigenvalue weighted by atomic mass is 16.3. The van der Waals surface area contributed by atoms with Gasteiger partial charge in [0, 0.05) is 13.0 Å². The molecule has 2 aliphatic carbocycles. The van der Waals surface area contributed by atoms with Crippen molar-refractivity contribution in [3.05, 3.63) is 35.9 Å². The third-order valence-electron chi connectivity index (χ3n) is 7.51. The van der Waals surface area contributed by atoms with Crippen LogP contribution in [0.25, 0.3) is 0 Å². The summed E-state index contributed by atoms with van der Waals surface area (Å²) in [7, 11) is 0. The van der Waals surface area contributed by atoms with Gasteiger partial charge < -0.3 is 20.8 Å². The van der Waals surface area contributed by atoms with E-state index in [1.807, 2.05) is 30.3 Å². The van der Waals surface area contributed by atoms with E-state index >= 15 is 0 Å². The van der Waals surface area contributed by atoms with Gasteiger partial charge in [0.15, 0.2) is 0 Å². The lowest BCUT2D eigenvalue weighted by Crippen LogP contribution is -2.49. The van der Waals surface area contributed by atoms with Crippen LogP contribution in [0, 0.1) is 22.7 Å². The fourth-order valence-corrected chi connectivity index (χ4v) is 5.36.